The van der Waals surface area contributed by atoms with Crippen LogP contribution in [0.4, 0.5) is 0 Å². The van der Waals surface area contributed by atoms with Crippen LogP contribution in [0.3, 0.4) is 0 Å². The van der Waals surface area contributed by atoms with Crippen molar-refractivity contribution in [1.82, 2.24) is 5.32 Å². The minimum Gasteiger partial charge on any atom is -0.491 e. The van der Waals surface area contributed by atoms with Gasteiger partial charge in [-0.3, -0.25) is 0 Å². The quantitative estimate of drug-likeness (QED) is 0.889. The van der Waals surface area contributed by atoms with E-state index in [1.165, 1.54) is 5.39 Å². The van der Waals surface area contributed by atoms with Crippen LogP contribution >= 0.6 is 12.4 Å². The summed E-state index contributed by atoms with van der Waals surface area (Å²) in [6.45, 7) is 7.04. The van der Waals surface area contributed by atoms with Crippen molar-refractivity contribution < 1.29 is 9.84 Å². The number of hydrogen-bond donors (Lipinski definition) is 2. The van der Waals surface area contributed by atoms with E-state index in [2.05, 4.69) is 38.2 Å². The average Bonchev–Trinajstić information content (AvgIpc) is 2.42. The summed E-state index contributed by atoms with van der Waals surface area (Å²) in [4.78, 5) is 0. The molecule has 2 aromatic carbocycles. The highest BCUT2D eigenvalue weighted by molar-refractivity contribution is 5.85. The molecule has 3 nitrogen and oxygen atoms in total. The molecule has 21 heavy (non-hydrogen) atoms. The highest BCUT2D eigenvalue weighted by Gasteiger charge is 2.12. The number of β-amino-alcohol motifs (C(OH)–C–C–N with tert-alkyl or cyclic N) is 1. The van der Waals surface area contributed by atoms with E-state index in [1.54, 1.807) is 0 Å². The zero-order valence-corrected chi connectivity index (χ0v) is 13.6. The van der Waals surface area contributed by atoms with E-state index >= 15 is 0 Å². The van der Waals surface area contributed by atoms with E-state index in [0.717, 1.165) is 11.1 Å². The SMILES string of the molecule is CC(C)(C)NCC(O)COc1ccc2ccccc2c1.Cl. The first-order valence-corrected chi connectivity index (χ1v) is 6.99. The van der Waals surface area contributed by atoms with Gasteiger partial charge >= 0.3 is 0 Å². The summed E-state index contributed by atoms with van der Waals surface area (Å²) in [6.07, 6.45) is -0.513. The molecule has 0 aromatic heterocycles. The van der Waals surface area contributed by atoms with Gasteiger partial charge in [0.25, 0.3) is 0 Å². The maximum Gasteiger partial charge on any atom is 0.120 e. The largest absolute Gasteiger partial charge is 0.491 e. The molecule has 0 spiro atoms. The third-order valence-corrected chi connectivity index (χ3v) is 3.03. The minimum atomic E-state index is -0.513. The molecule has 0 amide bonds. The van der Waals surface area contributed by atoms with Gasteiger partial charge in [-0.05, 0) is 43.7 Å². The molecule has 0 aliphatic heterocycles. The predicted molar refractivity (Wildman–Crippen MR) is 90.5 cm³/mol. The van der Waals surface area contributed by atoms with Gasteiger partial charge in [0.05, 0.1) is 0 Å². The molecule has 2 N–H and O–H groups in total. The fraction of sp³-hybridized carbons (Fsp3) is 0.412. The highest BCUT2D eigenvalue weighted by atomic mass is 35.5. The monoisotopic (exact) mass is 309 g/mol. The Balaban J connectivity index is 0.00000220. The van der Waals surface area contributed by atoms with Crippen molar-refractivity contribution in [3.63, 3.8) is 0 Å². The lowest BCUT2D eigenvalue weighted by molar-refractivity contribution is 0.100. The van der Waals surface area contributed by atoms with Gasteiger partial charge in [-0.25, -0.2) is 0 Å². The molecule has 0 bridgehead atoms. The molecular weight excluding hydrogens is 286 g/mol. The van der Waals surface area contributed by atoms with E-state index < -0.39 is 6.10 Å². The second kappa shape index (κ2) is 7.64. The van der Waals surface area contributed by atoms with Crippen molar-refractivity contribution >= 4 is 23.2 Å². The summed E-state index contributed by atoms with van der Waals surface area (Å²) < 4.78 is 5.65. The summed E-state index contributed by atoms with van der Waals surface area (Å²) in [5.74, 6) is 0.790. The van der Waals surface area contributed by atoms with E-state index in [1.807, 2.05) is 30.3 Å². The van der Waals surface area contributed by atoms with Crippen LogP contribution in [0.1, 0.15) is 20.8 Å². The summed E-state index contributed by atoms with van der Waals surface area (Å²) in [7, 11) is 0. The van der Waals surface area contributed by atoms with Crippen molar-refractivity contribution in [2.75, 3.05) is 13.2 Å². The Hall–Kier alpha value is -1.29. The first kappa shape index (κ1) is 17.8. The van der Waals surface area contributed by atoms with Gasteiger partial charge in [-0.2, -0.15) is 0 Å². The maximum absolute atomic E-state index is 9.90. The Morgan fingerprint density at radius 1 is 1.10 bits per heavy atom. The van der Waals surface area contributed by atoms with E-state index in [-0.39, 0.29) is 17.9 Å². The minimum absolute atomic E-state index is 0. The van der Waals surface area contributed by atoms with Crippen LogP contribution in [0.15, 0.2) is 42.5 Å². The van der Waals surface area contributed by atoms with Crippen LogP contribution in [0.2, 0.25) is 0 Å². The van der Waals surface area contributed by atoms with Crippen LogP contribution in [-0.2, 0) is 0 Å². The number of aliphatic hydroxyl groups is 1. The van der Waals surface area contributed by atoms with Crippen LogP contribution in [0, 0.1) is 0 Å². The van der Waals surface area contributed by atoms with Gasteiger partial charge in [0.2, 0.25) is 0 Å². The molecular formula is C17H24ClNO2. The molecule has 0 heterocycles. The summed E-state index contributed by atoms with van der Waals surface area (Å²) in [6, 6.07) is 14.1. The van der Waals surface area contributed by atoms with Crippen molar-refractivity contribution in [2.45, 2.75) is 32.4 Å². The Morgan fingerprint density at radius 2 is 1.76 bits per heavy atom. The fourth-order valence-electron chi connectivity index (χ4n) is 1.93. The number of nitrogens with one attached hydrogen (secondary N) is 1. The van der Waals surface area contributed by atoms with Crippen LogP contribution < -0.4 is 10.1 Å². The summed E-state index contributed by atoms with van der Waals surface area (Å²) in [5, 5.41) is 15.5. The smallest absolute Gasteiger partial charge is 0.120 e. The lowest BCUT2D eigenvalue weighted by Gasteiger charge is -2.23. The molecule has 4 heteroatoms. The van der Waals surface area contributed by atoms with Gasteiger partial charge < -0.3 is 15.2 Å². The number of fused-ring (bicyclic) bond motifs is 1. The van der Waals surface area contributed by atoms with E-state index in [0.29, 0.717) is 13.2 Å². The molecule has 0 saturated heterocycles. The predicted octanol–water partition coefficient (Wildman–Crippen LogP) is 3.39. The molecule has 0 radical (unpaired) electrons. The number of rotatable bonds is 5. The third kappa shape index (κ3) is 5.92. The molecule has 116 valence electrons. The van der Waals surface area contributed by atoms with Gasteiger partial charge in [-0.1, -0.05) is 30.3 Å². The second-order valence-corrected chi connectivity index (χ2v) is 6.10. The van der Waals surface area contributed by atoms with Crippen LogP contribution in [0.5, 0.6) is 5.75 Å². The molecule has 0 aliphatic carbocycles. The van der Waals surface area contributed by atoms with E-state index in [9.17, 15) is 5.11 Å². The molecule has 0 saturated carbocycles. The standard InChI is InChI=1S/C17H23NO2.ClH/c1-17(2,3)18-11-15(19)12-20-16-9-8-13-6-4-5-7-14(13)10-16;/h4-10,15,18-19H,11-12H2,1-3H3;1H. The number of ether oxygens (including phenoxy) is 1. The molecule has 0 aliphatic rings. The van der Waals surface area contributed by atoms with Crippen LogP contribution in [-0.4, -0.2) is 29.9 Å². The zero-order valence-electron chi connectivity index (χ0n) is 12.8. The normalized spacial score (nSPS) is 12.8. The van der Waals surface area contributed by atoms with Crippen molar-refractivity contribution in [3.8, 4) is 5.75 Å². The number of aliphatic hydroxyl groups excluding tert-OH is 1. The summed E-state index contributed by atoms with van der Waals surface area (Å²) >= 11 is 0. The molecule has 1 atom stereocenters. The Labute approximate surface area is 132 Å². The number of benzene rings is 2. The maximum atomic E-state index is 9.90. The highest BCUT2D eigenvalue weighted by Crippen LogP contribution is 2.20. The Morgan fingerprint density at radius 3 is 2.43 bits per heavy atom. The zero-order chi connectivity index (χ0) is 14.6. The van der Waals surface area contributed by atoms with Crippen molar-refractivity contribution in [1.29, 1.82) is 0 Å². The number of hydrogen-bond acceptors (Lipinski definition) is 3. The first-order chi connectivity index (χ1) is 9.44. The topological polar surface area (TPSA) is 41.5 Å². The fourth-order valence-corrected chi connectivity index (χ4v) is 1.93. The lowest BCUT2D eigenvalue weighted by atomic mass is 10.1. The van der Waals surface area contributed by atoms with Crippen molar-refractivity contribution in [2.24, 2.45) is 0 Å². The van der Waals surface area contributed by atoms with E-state index in [4.69, 9.17) is 4.74 Å². The lowest BCUT2D eigenvalue weighted by Crippen LogP contribution is -2.42. The second-order valence-electron chi connectivity index (χ2n) is 6.10. The van der Waals surface area contributed by atoms with Crippen molar-refractivity contribution in [3.05, 3.63) is 42.5 Å². The van der Waals surface area contributed by atoms with Gasteiger partial charge in [0.15, 0.2) is 0 Å². The first-order valence-electron chi connectivity index (χ1n) is 6.99. The summed E-state index contributed by atoms with van der Waals surface area (Å²) in [5.41, 5.74) is 0.00390. The van der Waals surface area contributed by atoms with Gasteiger partial charge in [0.1, 0.15) is 18.5 Å². The van der Waals surface area contributed by atoms with Gasteiger partial charge in [-0.15, -0.1) is 12.4 Å². The van der Waals surface area contributed by atoms with Gasteiger partial charge in [0, 0.05) is 12.1 Å². The number of halogens is 1. The Bertz CT molecular complexity index is 566. The average molecular weight is 310 g/mol. The third-order valence-electron chi connectivity index (χ3n) is 3.03. The molecule has 0 fully saturated rings. The molecule has 2 rings (SSSR count). The van der Waals surface area contributed by atoms with Crippen LogP contribution in [0.25, 0.3) is 10.8 Å². The molecule has 1 unspecified atom stereocenters. The Kier molecular flexibility index (Phi) is 6.46. The molecule has 2 aromatic rings.